The van der Waals surface area contributed by atoms with E-state index in [1.807, 2.05) is 6.07 Å². The van der Waals surface area contributed by atoms with Crippen LogP contribution in [-0.4, -0.2) is 24.5 Å². The van der Waals surface area contributed by atoms with Crippen LogP contribution in [0.3, 0.4) is 0 Å². The summed E-state index contributed by atoms with van der Waals surface area (Å²) in [6.07, 6.45) is -1.30. The Hall–Kier alpha value is -2.35. The maximum Gasteiger partial charge on any atom is 0.355 e. The molecule has 1 aromatic carbocycles. The van der Waals surface area contributed by atoms with Gasteiger partial charge in [-0.3, -0.25) is 4.79 Å². The first kappa shape index (κ1) is 14.7. The van der Waals surface area contributed by atoms with Crippen LogP contribution in [0.1, 0.15) is 25.0 Å². The smallest absolute Gasteiger partial charge is 0.355 e. The number of nitriles is 1. The van der Waals surface area contributed by atoms with E-state index in [2.05, 4.69) is 0 Å². The summed E-state index contributed by atoms with van der Waals surface area (Å²) in [5, 5.41) is 8.86. The molecule has 1 atom stereocenters. The fourth-order valence-electron chi connectivity index (χ4n) is 1.53. The average Bonchev–Trinajstić information content (AvgIpc) is 2.35. The van der Waals surface area contributed by atoms with E-state index >= 15 is 0 Å². The van der Waals surface area contributed by atoms with Crippen LogP contribution in [-0.2, 0) is 14.3 Å². The van der Waals surface area contributed by atoms with Crippen molar-refractivity contribution in [3.8, 4) is 11.8 Å². The number of rotatable bonds is 5. The van der Waals surface area contributed by atoms with E-state index in [0.717, 1.165) is 5.56 Å². The largest absolute Gasteiger partial charge is 0.471 e. The number of Topliss-reactive ketones (excluding diaryl/α,β-unsaturated/α-hetero) is 1. The average molecular weight is 261 g/mol. The molecule has 1 aromatic rings. The van der Waals surface area contributed by atoms with E-state index in [4.69, 9.17) is 14.7 Å². The van der Waals surface area contributed by atoms with Crippen LogP contribution in [0, 0.1) is 18.3 Å². The van der Waals surface area contributed by atoms with Crippen LogP contribution in [0.4, 0.5) is 0 Å². The molecule has 0 radical (unpaired) electrons. The lowest BCUT2D eigenvalue weighted by Crippen LogP contribution is -2.35. The maximum absolute atomic E-state index is 11.6. The Labute approximate surface area is 111 Å². The third kappa shape index (κ3) is 4.11. The molecular formula is C14H15NO4. The van der Waals surface area contributed by atoms with Gasteiger partial charge in [0.05, 0.1) is 18.2 Å². The first-order chi connectivity index (χ1) is 8.97. The summed E-state index contributed by atoms with van der Waals surface area (Å²) in [6, 6.07) is 6.79. The molecule has 0 aliphatic heterocycles. The van der Waals surface area contributed by atoms with Crippen molar-refractivity contribution in [3.63, 3.8) is 0 Å². The summed E-state index contributed by atoms with van der Waals surface area (Å²) < 4.78 is 10.1. The predicted molar refractivity (Wildman–Crippen MR) is 67.6 cm³/mol. The van der Waals surface area contributed by atoms with Crippen LogP contribution in [0.25, 0.3) is 0 Å². The van der Waals surface area contributed by atoms with Crippen LogP contribution in [0.15, 0.2) is 18.2 Å². The van der Waals surface area contributed by atoms with Crippen molar-refractivity contribution in [1.29, 1.82) is 5.26 Å². The number of ether oxygens (including phenoxy) is 2. The molecule has 0 aromatic heterocycles. The van der Waals surface area contributed by atoms with Crippen molar-refractivity contribution < 1.29 is 19.1 Å². The molecule has 0 fully saturated rings. The minimum Gasteiger partial charge on any atom is -0.471 e. The molecule has 0 saturated carbocycles. The molecule has 0 aliphatic carbocycles. The lowest BCUT2D eigenvalue weighted by atomic mass is 10.1. The second kappa shape index (κ2) is 6.55. The topological polar surface area (TPSA) is 76.4 Å². The summed E-state index contributed by atoms with van der Waals surface area (Å²) in [5.74, 6) is -0.877. The van der Waals surface area contributed by atoms with Gasteiger partial charge < -0.3 is 9.47 Å². The Kier molecular flexibility index (Phi) is 5.07. The molecule has 0 N–H and O–H groups in total. The number of carbonyl (C=O) groups is 2. The molecule has 0 bridgehead atoms. The van der Waals surface area contributed by atoms with Gasteiger partial charge in [0, 0.05) is 0 Å². The lowest BCUT2D eigenvalue weighted by molar-refractivity contribution is -0.154. The van der Waals surface area contributed by atoms with Gasteiger partial charge in [0.2, 0.25) is 0 Å². The lowest BCUT2D eigenvalue weighted by Gasteiger charge is -2.15. The van der Waals surface area contributed by atoms with Gasteiger partial charge >= 0.3 is 5.97 Å². The van der Waals surface area contributed by atoms with Gasteiger partial charge in [-0.2, -0.15) is 5.26 Å². The monoisotopic (exact) mass is 261 g/mol. The Bertz CT molecular complexity index is 531. The van der Waals surface area contributed by atoms with Gasteiger partial charge in [0.25, 0.3) is 6.10 Å². The number of carbonyl (C=O) groups excluding carboxylic acids is 2. The molecule has 19 heavy (non-hydrogen) atoms. The molecule has 0 spiro atoms. The summed E-state index contributed by atoms with van der Waals surface area (Å²) in [7, 11) is 0. The Balaban J connectivity index is 2.97. The number of ketones is 1. The molecule has 1 unspecified atom stereocenters. The minimum absolute atomic E-state index is 0.170. The third-order valence-corrected chi connectivity index (χ3v) is 2.30. The molecule has 0 aliphatic rings. The minimum atomic E-state index is -1.30. The first-order valence-corrected chi connectivity index (χ1v) is 5.83. The maximum atomic E-state index is 11.6. The summed E-state index contributed by atoms with van der Waals surface area (Å²) >= 11 is 0. The summed E-state index contributed by atoms with van der Waals surface area (Å²) in [4.78, 5) is 23.0. The van der Waals surface area contributed by atoms with Crippen molar-refractivity contribution in [2.45, 2.75) is 26.9 Å². The van der Waals surface area contributed by atoms with Crippen molar-refractivity contribution >= 4 is 11.8 Å². The Morgan fingerprint density at radius 1 is 1.37 bits per heavy atom. The summed E-state index contributed by atoms with van der Waals surface area (Å²) in [6.45, 7) is 4.86. The summed E-state index contributed by atoms with van der Waals surface area (Å²) in [5.41, 5.74) is 1.21. The second-order valence-electron chi connectivity index (χ2n) is 4.01. The molecule has 100 valence electrons. The zero-order chi connectivity index (χ0) is 14.4. The van der Waals surface area contributed by atoms with Crippen molar-refractivity contribution in [3.05, 3.63) is 29.3 Å². The highest BCUT2D eigenvalue weighted by Crippen LogP contribution is 2.18. The van der Waals surface area contributed by atoms with E-state index in [1.54, 1.807) is 26.0 Å². The molecule has 0 amide bonds. The number of hydrogen-bond donors (Lipinski definition) is 0. The number of esters is 1. The van der Waals surface area contributed by atoms with Crippen molar-refractivity contribution in [2.75, 3.05) is 6.61 Å². The van der Waals surface area contributed by atoms with E-state index in [-0.39, 0.29) is 6.61 Å². The SMILES string of the molecule is CCOC(=O)C(Oc1cc(C)cc(C#N)c1)C(C)=O. The van der Waals surface area contributed by atoms with Crippen molar-refractivity contribution in [2.24, 2.45) is 0 Å². The van der Waals surface area contributed by atoms with E-state index in [0.29, 0.717) is 11.3 Å². The number of nitrogens with zero attached hydrogens (tertiary/aromatic N) is 1. The zero-order valence-electron chi connectivity index (χ0n) is 11.1. The molecule has 5 nitrogen and oxygen atoms in total. The van der Waals surface area contributed by atoms with Gasteiger partial charge in [-0.05, 0) is 44.5 Å². The Morgan fingerprint density at radius 3 is 2.58 bits per heavy atom. The normalized spacial score (nSPS) is 11.3. The van der Waals surface area contributed by atoms with Gasteiger partial charge in [0.1, 0.15) is 5.75 Å². The molecule has 1 rings (SSSR count). The van der Waals surface area contributed by atoms with Gasteiger partial charge in [-0.1, -0.05) is 0 Å². The fourth-order valence-corrected chi connectivity index (χ4v) is 1.53. The van der Waals surface area contributed by atoms with Gasteiger partial charge in [-0.25, -0.2) is 4.79 Å². The fraction of sp³-hybridized carbons (Fsp3) is 0.357. The number of hydrogen-bond acceptors (Lipinski definition) is 5. The molecule has 0 saturated heterocycles. The van der Waals surface area contributed by atoms with Crippen LogP contribution >= 0.6 is 0 Å². The molecule has 5 heteroatoms. The number of benzene rings is 1. The molecular weight excluding hydrogens is 246 g/mol. The highest BCUT2D eigenvalue weighted by Gasteiger charge is 2.27. The van der Waals surface area contributed by atoms with E-state index in [9.17, 15) is 9.59 Å². The Morgan fingerprint density at radius 2 is 2.05 bits per heavy atom. The van der Waals surface area contributed by atoms with Gasteiger partial charge in [-0.15, -0.1) is 0 Å². The number of aryl methyl sites for hydroxylation is 1. The van der Waals surface area contributed by atoms with Crippen molar-refractivity contribution in [1.82, 2.24) is 0 Å². The zero-order valence-corrected chi connectivity index (χ0v) is 11.1. The highest BCUT2D eigenvalue weighted by molar-refractivity contribution is 6.01. The van der Waals surface area contributed by atoms with Gasteiger partial charge in [0.15, 0.2) is 5.78 Å². The highest BCUT2D eigenvalue weighted by atomic mass is 16.6. The van der Waals surface area contributed by atoms with Crippen LogP contribution in [0.2, 0.25) is 0 Å². The quantitative estimate of drug-likeness (QED) is 0.596. The predicted octanol–water partition coefficient (Wildman–Crippen LogP) is 1.77. The first-order valence-electron chi connectivity index (χ1n) is 5.83. The van der Waals surface area contributed by atoms with Crippen LogP contribution < -0.4 is 4.74 Å². The third-order valence-electron chi connectivity index (χ3n) is 2.30. The standard InChI is InChI=1S/C14H15NO4/c1-4-18-14(17)13(10(3)16)19-12-6-9(2)5-11(7-12)8-15/h5-7,13H,4H2,1-3H3. The molecule has 0 heterocycles. The second-order valence-corrected chi connectivity index (χ2v) is 4.01. The van der Waals surface area contributed by atoms with E-state index in [1.165, 1.54) is 13.0 Å². The van der Waals surface area contributed by atoms with Crippen LogP contribution in [0.5, 0.6) is 5.75 Å². The van der Waals surface area contributed by atoms with E-state index < -0.39 is 17.9 Å².